The minimum absolute atomic E-state index is 0.131. The molecule has 1 aromatic heterocycles. The molecule has 1 aromatic rings. The van der Waals surface area contributed by atoms with Gasteiger partial charge in [0.1, 0.15) is 0 Å². The second kappa shape index (κ2) is 8.73. The van der Waals surface area contributed by atoms with E-state index in [0.717, 1.165) is 37.4 Å². The predicted molar refractivity (Wildman–Crippen MR) is 103 cm³/mol. The number of carbonyl (C=O) groups excluding carboxylic acids is 1. The summed E-state index contributed by atoms with van der Waals surface area (Å²) in [5, 5.41) is 10.2. The van der Waals surface area contributed by atoms with Gasteiger partial charge in [0, 0.05) is 18.5 Å². The lowest BCUT2D eigenvalue weighted by atomic mass is 9.96. The Bertz CT molecular complexity index is 712. The van der Waals surface area contributed by atoms with E-state index in [1.54, 1.807) is 20.8 Å². The highest BCUT2D eigenvalue weighted by atomic mass is 32.2. The molecule has 0 aliphatic carbocycles. The molecule has 1 aliphatic rings. The van der Waals surface area contributed by atoms with Crippen LogP contribution in [-0.2, 0) is 14.8 Å². The number of piperidine rings is 1. The fourth-order valence-corrected chi connectivity index (χ4v) is 4.72. The second-order valence-electron chi connectivity index (χ2n) is 7.88. The van der Waals surface area contributed by atoms with Gasteiger partial charge in [-0.1, -0.05) is 39.0 Å². The standard InChI is InChI=1S/C16H29N5O3S2/c1-12-7-5-9-21(11-12)10-6-8-17-26(23,24)15-20-19-14(25-15)18-13(22)16(2,3)4/h12,17H,5-11H2,1-4H3,(H,18,19,22). The van der Waals surface area contributed by atoms with Gasteiger partial charge >= 0.3 is 0 Å². The highest BCUT2D eigenvalue weighted by Crippen LogP contribution is 2.23. The number of nitrogens with one attached hydrogen (secondary N) is 2. The van der Waals surface area contributed by atoms with Crippen LogP contribution in [0.4, 0.5) is 5.13 Å². The molecule has 1 unspecified atom stereocenters. The first-order valence-corrected chi connectivity index (χ1v) is 11.2. The van der Waals surface area contributed by atoms with Crippen molar-refractivity contribution >= 4 is 32.4 Å². The SMILES string of the molecule is CC1CCCN(CCCNS(=O)(=O)c2nnc(NC(=O)C(C)(C)C)s2)C1. The third-order valence-electron chi connectivity index (χ3n) is 4.22. The summed E-state index contributed by atoms with van der Waals surface area (Å²) in [6, 6.07) is 0. The molecule has 2 heterocycles. The smallest absolute Gasteiger partial charge is 0.269 e. The maximum Gasteiger partial charge on any atom is 0.269 e. The van der Waals surface area contributed by atoms with Crippen molar-refractivity contribution in [1.82, 2.24) is 19.8 Å². The lowest BCUT2D eigenvalue weighted by Crippen LogP contribution is -2.36. The van der Waals surface area contributed by atoms with Crippen LogP contribution in [-0.4, -0.2) is 55.6 Å². The van der Waals surface area contributed by atoms with Crippen LogP contribution >= 0.6 is 11.3 Å². The number of rotatable bonds is 7. The van der Waals surface area contributed by atoms with Gasteiger partial charge in [-0.05, 0) is 38.3 Å². The molecule has 0 bridgehead atoms. The number of carbonyl (C=O) groups is 1. The Balaban J connectivity index is 1.81. The quantitative estimate of drug-likeness (QED) is 0.532. The van der Waals surface area contributed by atoms with Crippen LogP contribution in [0.5, 0.6) is 0 Å². The molecule has 1 amide bonds. The van der Waals surface area contributed by atoms with Crippen molar-refractivity contribution in [2.24, 2.45) is 11.3 Å². The molecule has 0 saturated carbocycles. The van der Waals surface area contributed by atoms with Gasteiger partial charge in [0.15, 0.2) is 0 Å². The monoisotopic (exact) mass is 403 g/mol. The van der Waals surface area contributed by atoms with E-state index in [-0.39, 0.29) is 15.4 Å². The Labute approximate surface area is 159 Å². The second-order valence-corrected chi connectivity index (χ2v) is 10.8. The largest absolute Gasteiger partial charge is 0.303 e. The topological polar surface area (TPSA) is 104 Å². The lowest BCUT2D eigenvalue weighted by Gasteiger charge is -2.30. The van der Waals surface area contributed by atoms with Gasteiger partial charge in [-0.25, -0.2) is 13.1 Å². The van der Waals surface area contributed by atoms with E-state index >= 15 is 0 Å². The fourth-order valence-electron chi connectivity index (χ4n) is 2.71. The summed E-state index contributed by atoms with van der Waals surface area (Å²) in [6.45, 7) is 11.0. The van der Waals surface area contributed by atoms with Crippen molar-refractivity contribution in [1.29, 1.82) is 0 Å². The number of hydrogen-bond donors (Lipinski definition) is 2. The summed E-state index contributed by atoms with van der Waals surface area (Å²) in [6.07, 6.45) is 3.23. The van der Waals surface area contributed by atoms with Gasteiger partial charge in [0.05, 0.1) is 0 Å². The summed E-state index contributed by atoms with van der Waals surface area (Å²) < 4.78 is 27.0. The highest BCUT2D eigenvalue weighted by Gasteiger charge is 2.25. The first-order valence-electron chi connectivity index (χ1n) is 8.95. The summed E-state index contributed by atoms with van der Waals surface area (Å²) in [4.78, 5) is 14.3. The maximum atomic E-state index is 12.3. The van der Waals surface area contributed by atoms with E-state index in [9.17, 15) is 13.2 Å². The van der Waals surface area contributed by atoms with E-state index in [0.29, 0.717) is 12.5 Å². The van der Waals surface area contributed by atoms with Crippen molar-refractivity contribution in [3.63, 3.8) is 0 Å². The summed E-state index contributed by atoms with van der Waals surface area (Å²) >= 11 is 0.856. The number of aromatic nitrogens is 2. The van der Waals surface area contributed by atoms with E-state index in [2.05, 4.69) is 32.1 Å². The van der Waals surface area contributed by atoms with Gasteiger partial charge in [0.2, 0.25) is 15.4 Å². The maximum absolute atomic E-state index is 12.3. The Morgan fingerprint density at radius 3 is 2.73 bits per heavy atom. The Morgan fingerprint density at radius 1 is 1.35 bits per heavy atom. The number of sulfonamides is 1. The summed E-state index contributed by atoms with van der Waals surface area (Å²) in [7, 11) is -3.70. The van der Waals surface area contributed by atoms with Crippen LogP contribution in [0.3, 0.4) is 0 Å². The molecule has 1 aliphatic heterocycles. The molecule has 10 heteroatoms. The summed E-state index contributed by atoms with van der Waals surface area (Å²) in [5.74, 6) is 0.477. The summed E-state index contributed by atoms with van der Waals surface area (Å²) in [5.41, 5.74) is -0.588. The van der Waals surface area contributed by atoms with E-state index < -0.39 is 15.4 Å². The third kappa shape index (κ3) is 6.26. The Hall–Kier alpha value is -1.10. The number of anilines is 1. The van der Waals surface area contributed by atoms with Gasteiger partial charge in [-0.3, -0.25) is 4.79 Å². The number of nitrogens with zero attached hydrogens (tertiary/aromatic N) is 3. The highest BCUT2D eigenvalue weighted by molar-refractivity contribution is 7.91. The van der Waals surface area contributed by atoms with E-state index in [1.807, 2.05) is 0 Å². The number of hydrogen-bond acceptors (Lipinski definition) is 7. The van der Waals surface area contributed by atoms with Crippen molar-refractivity contribution in [2.75, 3.05) is 31.5 Å². The van der Waals surface area contributed by atoms with Crippen LogP contribution in [0.15, 0.2) is 4.34 Å². The van der Waals surface area contributed by atoms with Crippen molar-refractivity contribution < 1.29 is 13.2 Å². The molecular weight excluding hydrogens is 374 g/mol. The van der Waals surface area contributed by atoms with Crippen molar-refractivity contribution in [2.45, 2.75) is 51.3 Å². The molecule has 1 atom stereocenters. The van der Waals surface area contributed by atoms with Crippen LogP contribution in [0.1, 0.15) is 47.0 Å². The van der Waals surface area contributed by atoms with Gasteiger partial charge < -0.3 is 10.2 Å². The zero-order chi connectivity index (χ0) is 19.4. The molecule has 0 spiro atoms. The normalized spacial score (nSPS) is 19.5. The lowest BCUT2D eigenvalue weighted by molar-refractivity contribution is -0.123. The molecule has 1 fully saturated rings. The zero-order valence-corrected chi connectivity index (χ0v) is 17.5. The molecule has 2 rings (SSSR count). The number of likely N-dealkylation sites (tertiary alicyclic amines) is 1. The Morgan fingerprint density at radius 2 is 2.08 bits per heavy atom. The minimum atomic E-state index is -3.70. The molecular formula is C16H29N5O3S2. The first kappa shape index (κ1) is 21.2. The average molecular weight is 404 g/mol. The minimum Gasteiger partial charge on any atom is -0.303 e. The molecule has 2 N–H and O–H groups in total. The molecule has 148 valence electrons. The first-order chi connectivity index (χ1) is 12.1. The third-order valence-corrected chi connectivity index (χ3v) is 6.89. The zero-order valence-electron chi connectivity index (χ0n) is 15.9. The van der Waals surface area contributed by atoms with E-state index in [4.69, 9.17) is 0 Å². The van der Waals surface area contributed by atoms with Gasteiger partial charge in [-0.15, -0.1) is 10.2 Å². The fraction of sp³-hybridized carbons (Fsp3) is 0.812. The average Bonchev–Trinajstić information content (AvgIpc) is 3.00. The Kier molecular flexibility index (Phi) is 7.12. The van der Waals surface area contributed by atoms with Crippen LogP contribution in [0.25, 0.3) is 0 Å². The van der Waals surface area contributed by atoms with Crippen LogP contribution in [0, 0.1) is 11.3 Å². The molecule has 0 radical (unpaired) electrons. The molecule has 8 nitrogen and oxygen atoms in total. The predicted octanol–water partition coefficient (Wildman–Crippen LogP) is 1.92. The van der Waals surface area contributed by atoms with Crippen molar-refractivity contribution in [3.8, 4) is 0 Å². The van der Waals surface area contributed by atoms with E-state index in [1.165, 1.54) is 12.8 Å². The molecule has 0 aromatic carbocycles. The number of amides is 1. The van der Waals surface area contributed by atoms with Gasteiger partial charge in [-0.2, -0.15) is 0 Å². The molecule has 26 heavy (non-hydrogen) atoms. The molecule has 1 saturated heterocycles. The van der Waals surface area contributed by atoms with Crippen LogP contribution < -0.4 is 10.0 Å². The van der Waals surface area contributed by atoms with Gasteiger partial charge in [0.25, 0.3) is 10.0 Å². The van der Waals surface area contributed by atoms with Crippen molar-refractivity contribution in [3.05, 3.63) is 0 Å². The van der Waals surface area contributed by atoms with Crippen LogP contribution in [0.2, 0.25) is 0 Å².